The Morgan fingerprint density at radius 1 is 1.10 bits per heavy atom. The lowest BCUT2D eigenvalue weighted by molar-refractivity contribution is 0.583. The molecule has 2 rings (SSSR count). The summed E-state index contributed by atoms with van der Waals surface area (Å²) in [7, 11) is -3.51. The first kappa shape index (κ1) is 15.9. The summed E-state index contributed by atoms with van der Waals surface area (Å²) in [4.78, 5) is 1.36. The summed E-state index contributed by atoms with van der Waals surface area (Å²) in [6, 6.07) is 14.8. The molecule has 0 radical (unpaired) electrons. The third kappa shape index (κ3) is 4.23. The zero-order valence-electron chi connectivity index (χ0n) is 11.7. The molecule has 0 saturated carbocycles. The van der Waals surface area contributed by atoms with Crippen LogP contribution in [0.5, 0.6) is 0 Å². The molecule has 0 fully saturated rings. The van der Waals surface area contributed by atoms with Gasteiger partial charge in [0.2, 0.25) is 10.0 Å². The molecule has 2 aromatic rings. The second-order valence-electron chi connectivity index (χ2n) is 4.53. The molecule has 0 aliphatic carbocycles. The quantitative estimate of drug-likeness (QED) is 0.487. The van der Waals surface area contributed by atoms with Gasteiger partial charge in [0.05, 0.1) is 4.90 Å². The summed E-state index contributed by atoms with van der Waals surface area (Å²) in [5.74, 6) is 0.671. The molecule has 3 N–H and O–H groups in total. The standard InChI is InChI=1S/C15H18N2O2S2/c1-12-14(16)8-5-9-15(12)21(18,19)17-10-11-20-13-6-3-2-4-7-13/h2-9,17H,10-11,16H2,1H3. The van der Waals surface area contributed by atoms with E-state index in [1.807, 2.05) is 30.3 Å². The molecule has 0 amide bonds. The fourth-order valence-electron chi connectivity index (χ4n) is 1.86. The van der Waals surface area contributed by atoms with Gasteiger partial charge >= 0.3 is 0 Å². The molecule has 0 spiro atoms. The van der Waals surface area contributed by atoms with Crippen molar-refractivity contribution >= 4 is 27.5 Å². The van der Waals surface area contributed by atoms with Gasteiger partial charge in [0.25, 0.3) is 0 Å². The Labute approximate surface area is 129 Å². The van der Waals surface area contributed by atoms with Crippen molar-refractivity contribution in [2.24, 2.45) is 0 Å². The minimum atomic E-state index is -3.51. The highest BCUT2D eigenvalue weighted by atomic mass is 32.2. The van der Waals surface area contributed by atoms with Gasteiger partial charge in [0.1, 0.15) is 0 Å². The van der Waals surface area contributed by atoms with Gasteiger partial charge in [-0.05, 0) is 36.8 Å². The average Bonchev–Trinajstić information content (AvgIpc) is 2.47. The Morgan fingerprint density at radius 3 is 2.52 bits per heavy atom. The van der Waals surface area contributed by atoms with Crippen LogP contribution in [0.2, 0.25) is 0 Å². The number of nitrogens with two attached hydrogens (primary N) is 1. The molecule has 21 heavy (non-hydrogen) atoms. The maximum atomic E-state index is 12.2. The van der Waals surface area contributed by atoms with Gasteiger partial charge in [-0.15, -0.1) is 11.8 Å². The first-order chi connectivity index (χ1) is 10.0. The predicted molar refractivity (Wildman–Crippen MR) is 87.9 cm³/mol. The van der Waals surface area contributed by atoms with Crippen LogP contribution in [-0.2, 0) is 10.0 Å². The van der Waals surface area contributed by atoms with Crippen LogP contribution in [0.25, 0.3) is 0 Å². The first-order valence-corrected chi connectivity index (χ1v) is 9.00. The molecule has 0 aromatic heterocycles. The van der Waals surface area contributed by atoms with Gasteiger partial charge in [0, 0.05) is 22.9 Å². The van der Waals surface area contributed by atoms with Crippen LogP contribution in [0, 0.1) is 6.92 Å². The summed E-state index contributed by atoms with van der Waals surface area (Å²) in [6.07, 6.45) is 0. The van der Waals surface area contributed by atoms with Gasteiger partial charge in [-0.1, -0.05) is 24.3 Å². The number of benzene rings is 2. The van der Waals surface area contributed by atoms with Gasteiger partial charge in [0.15, 0.2) is 0 Å². The van der Waals surface area contributed by atoms with Gasteiger partial charge in [-0.3, -0.25) is 0 Å². The number of anilines is 1. The van der Waals surface area contributed by atoms with E-state index >= 15 is 0 Å². The molecular weight excluding hydrogens is 304 g/mol. The van der Waals surface area contributed by atoms with Crippen molar-refractivity contribution < 1.29 is 8.42 Å². The van der Waals surface area contributed by atoms with E-state index in [0.29, 0.717) is 23.5 Å². The number of sulfonamides is 1. The number of thioether (sulfide) groups is 1. The fourth-order valence-corrected chi connectivity index (χ4v) is 4.09. The lowest BCUT2D eigenvalue weighted by Crippen LogP contribution is -2.26. The molecule has 6 heteroatoms. The van der Waals surface area contributed by atoms with Crippen molar-refractivity contribution in [2.45, 2.75) is 16.7 Å². The highest BCUT2D eigenvalue weighted by molar-refractivity contribution is 7.99. The highest BCUT2D eigenvalue weighted by Crippen LogP contribution is 2.20. The molecule has 2 aromatic carbocycles. The predicted octanol–water partition coefficient (Wildman–Crippen LogP) is 2.65. The Hall–Kier alpha value is -1.50. The van der Waals surface area contributed by atoms with E-state index < -0.39 is 10.0 Å². The van der Waals surface area contributed by atoms with Crippen molar-refractivity contribution in [3.05, 3.63) is 54.1 Å². The van der Waals surface area contributed by atoms with Crippen LogP contribution >= 0.6 is 11.8 Å². The van der Waals surface area contributed by atoms with Crippen LogP contribution in [0.4, 0.5) is 5.69 Å². The minimum Gasteiger partial charge on any atom is -0.398 e. The number of hydrogen-bond acceptors (Lipinski definition) is 4. The van der Waals surface area contributed by atoms with Crippen molar-refractivity contribution in [3.8, 4) is 0 Å². The summed E-state index contributed by atoms with van der Waals surface area (Å²) < 4.78 is 27.1. The average molecular weight is 322 g/mol. The SMILES string of the molecule is Cc1c(N)cccc1S(=O)(=O)NCCSc1ccccc1. The third-order valence-electron chi connectivity index (χ3n) is 3.02. The molecule has 0 bridgehead atoms. The van der Waals surface area contributed by atoms with E-state index in [-0.39, 0.29) is 4.90 Å². The lowest BCUT2D eigenvalue weighted by atomic mass is 10.2. The molecule has 0 aliphatic heterocycles. The highest BCUT2D eigenvalue weighted by Gasteiger charge is 2.16. The lowest BCUT2D eigenvalue weighted by Gasteiger charge is -2.10. The monoisotopic (exact) mass is 322 g/mol. The van der Waals surface area contributed by atoms with Crippen LogP contribution in [0.3, 0.4) is 0 Å². The third-order valence-corrected chi connectivity index (χ3v) is 5.64. The van der Waals surface area contributed by atoms with E-state index in [1.165, 1.54) is 0 Å². The van der Waals surface area contributed by atoms with Crippen LogP contribution in [0.15, 0.2) is 58.3 Å². The molecule has 0 aliphatic rings. The van der Waals surface area contributed by atoms with E-state index in [0.717, 1.165) is 4.90 Å². The second kappa shape index (κ2) is 6.98. The smallest absolute Gasteiger partial charge is 0.240 e. The van der Waals surface area contributed by atoms with Gasteiger partial charge < -0.3 is 5.73 Å². The van der Waals surface area contributed by atoms with Gasteiger partial charge in [-0.2, -0.15) is 0 Å². The van der Waals surface area contributed by atoms with Crippen LogP contribution < -0.4 is 10.5 Å². The molecule has 112 valence electrons. The summed E-state index contributed by atoms with van der Waals surface area (Å²) in [5.41, 5.74) is 6.82. The van der Waals surface area contributed by atoms with Gasteiger partial charge in [-0.25, -0.2) is 13.1 Å². The maximum absolute atomic E-state index is 12.2. The van der Waals surface area contributed by atoms with Crippen molar-refractivity contribution in [2.75, 3.05) is 18.0 Å². The Kier molecular flexibility index (Phi) is 5.27. The summed E-state index contributed by atoms with van der Waals surface area (Å²) in [6.45, 7) is 2.08. The Morgan fingerprint density at radius 2 is 1.81 bits per heavy atom. The molecule has 4 nitrogen and oxygen atoms in total. The Bertz CT molecular complexity index is 701. The minimum absolute atomic E-state index is 0.243. The van der Waals surface area contributed by atoms with E-state index in [4.69, 9.17) is 5.73 Å². The first-order valence-electron chi connectivity index (χ1n) is 6.53. The maximum Gasteiger partial charge on any atom is 0.240 e. The number of hydrogen-bond donors (Lipinski definition) is 2. The fraction of sp³-hybridized carbons (Fsp3) is 0.200. The van der Waals surface area contributed by atoms with E-state index in [9.17, 15) is 8.42 Å². The zero-order valence-corrected chi connectivity index (χ0v) is 13.4. The van der Waals surface area contributed by atoms with E-state index in [1.54, 1.807) is 36.9 Å². The molecular formula is C15H18N2O2S2. The largest absolute Gasteiger partial charge is 0.398 e. The molecule has 0 heterocycles. The summed E-state index contributed by atoms with van der Waals surface area (Å²) in [5, 5.41) is 0. The van der Waals surface area contributed by atoms with Crippen molar-refractivity contribution in [3.63, 3.8) is 0 Å². The summed E-state index contributed by atoms with van der Waals surface area (Å²) >= 11 is 1.61. The molecule has 0 unspecified atom stereocenters. The molecule has 0 saturated heterocycles. The topological polar surface area (TPSA) is 72.2 Å². The van der Waals surface area contributed by atoms with Crippen LogP contribution in [-0.4, -0.2) is 20.7 Å². The normalized spacial score (nSPS) is 11.5. The number of rotatable bonds is 6. The van der Waals surface area contributed by atoms with Crippen molar-refractivity contribution in [1.82, 2.24) is 4.72 Å². The zero-order chi connectivity index (χ0) is 15.3. The number of nitrogens with one attached hydrogen (secondary N) is 1. The van der Waals surface area contributed by atoms with Crippen LogP contribution in [0.1, 0.15) is 5.56 Å². The van der Waals surface area contributed by atoms with E-state index in [2.05, 4.69) is 4.72 Å². The molecule has 0 atom stereocenters. The van der Waals surface area contributed by atoms with Crippen molar-refractivity contribution in [1.29, 1.82) is 0 Å². The second-order valence-corrected chi connectivity index (χ2v) is 7.43. The number of nitrogen functional groups attached to an aromatic ring is 1. The Balaban J connectivity index is 1.94.